The average Bonchev–Trinajstić information content (AvgIpc) is 2.58. The van der Waals surface area contributed by atoms with Gasteiger partial charge < -0.3 is 14.2 Å². The first-order valence-electron chi connectivity index (χ1n) is 9.89. The lowest BCUT2D eigenvalue weighted by Crippen LogP contribution is -2.60. The van der Waals surface area contributed by atoms with E-state index < -0.39 is 5.60 Å². The minimum absolute atomic E-state index is 0.121. The van der Waals surface area contributed by atoms with E-state index in [1.54, 1.807) is 12.0 Å². The molecule has 2 aliphatic rings. The van der Waals surface area contributed by atoms with Crippen molar-refractivity contribution >= 4 is 11.9 Å². The van der Waals surface area contributed by atoms with E-state index in [1.165, 1.54) is 0 Å². The van der Waals surface area contributed by atoms with Crippen LogP contribution in [0.25, 0.3) is 0 Å². The van der Waals surface area contributed by atoms with E-state index in [-0.39, 0.29) is 29.9 Å². The van der Waals surface area contributed by atoms with Gasteiger partial charge in [0.15, 0.2) is 5.78 Å². The number of hydrogen-bond acceptors (Lipinski definition) is 5. The molecular formula is C22H31NO5. The molecule has 6 heteroatoms. The zero-order valence-corrected chi connectivity index (χ0v) is 17.7. The number of aryl methyl sites for hydroxylation is 2. The summed E-state index contributed by atoms with van der Waals surface area (Å²) in [6.45, 7) is 10.4. The molecule has 0 N–H and O–H groups in total. The molecule has 3 rings (SSSR count). The van der Waals surface area contributed by atoms with E-state index in [4.69, 9.17) is 14.2 Å². The molecule has 1 amide bonds. The Morgan fingerprint density at radius 2 is 1.61 bits per heavy atom. The fourth-order valence-corrected chi connectivity index (χ4v) is 4.39. The molecule has 2 aliphatic heterocycles. The molecule has 2 unspecified atom stereocenters. The lowest BCUT2D eigenvalue weighted by atomic mass is 9.80. The van der Waals surface area contributed by atoms with Gasteiger partial charge in [0, 0.05) is 11.5 Å². The van der Waals surface area contributed by atoms with Gasteiger partial charge in [-0.1, -0.05) is 0 Å². The molecular weight excluding hydrogens is 358 g/mol. The molecule has 0 aromatic heterocycles. The van der Waals surface area contributed by atoms with Crippen molar-refractivity contribution in [1.82, 2.24) is 4.90 Å². The molecule has 154 valence electrons. The first-order chi connectivity index (χ1) is 13.1. The summed E-state index contributed by atoms with van der Waals surface area (Å²) in [6, 6.07) is 3.55. The molecule has 2 fully saturated rings. The quantitative estimate of drug-likeness (QED) is 0.734. The topological polar surface area (TPSA) is 65.1 Å². The lowest BCUT2D eigenvalue weighted by molar-refractivity contribution is -0.0861. The minimum Gasteiger partial charge on any atom is -0.496 e. The SMILES string of the molecule is COc1c(C)cc(C(=O)C2CC3COCC(C2)N3C(=O)OC(C)(C)C)cc1C. The number of nitrogens with zero attached hydrogens (tertiary/aromatic N) is 1. The molecule has 2 saturated heterocycles. The number of fused-ring (bicyclic) bond motifs is 2. The van der Waals surface area contributed by atoms with Crippen molar-refractivity contribution in [2.75, 3.05) is 20.3 Å². The Labute approximate surface area is 167 Å². The molecule has 28 heavy (non-hydrogen) atoms. The monoisotopic (exact) mass is 389 g/mol. The lowest BCUT2D eigenvalue weighted by Gasteiger charge is -2.47. The van der Waals surface area contributed by atoms with Crippen LogP contribution in [0.5, 0.6) is 5.75 Å². The van der Waals surface area contributed by atoms with Gasteiger partial charge in [-0.3, -0.25) is 9.69 Å². The highest BCUT2D eigenvalue weighted by molar-refractivity contribution is 5.98. The number of benzene rings is 1. The minimum atomic E-state index is -0.545. The van der Waals surface area contributed by atoms with Crippen molar-refractivity contribution in [1.29, 1.82) is 0 Å². The van der Waals surface area contributed by atoms with Crippen LogP contribution in [0.2, 0.25) is 0 Å². The summed E-state index contributed by atoms with van der Waals surface area (Å²) in [7, 11) is 1.64. The van der Waals surface area contributed by atoms with Crippen LogP contribution in [-0.4, -0.2) is 54.8 Å². The number of morpholine rings is 1. The van der Waals surface area contributed by atoms with Crippen molar-refractivity contribution in [2.24, 2.45) is 5.92 Å². The fraction of sp³-hybridized carbons (Fsp3) is 0.636. The molecule has 1 aromatic rings. The van der Waals surface area contributed by atoms with Crippen molar-refractivity contribution in [3.05, 3.63) is 28.8 Å². The molecule has 2 bridgehead atoms. The Morgan fingerprint density at radius 1 is 1.07 bits per heavy atom. The third-order valence-electron chi connectivity index (χ3n) is 5.44. The van der Waals surface area contributed by atoms with E-state index in [0.717, 1.165) is 16.9 Å². The molecule has 0 radical (unpaired) electrons. The van der Waals surface area contributed by atoms with Gasteiger partial charge in [-0.15, -0.1) is 0 Å². The molecule has 1 aromatic carbocycles. The van der Waals surface area contributed by atoms with Crippen molar-refractivity contribution in [2.45, 2.75) is 65.1 Å². The van der Waals surface area contributed by atoms with Crippen molar-refractivity contribution in [3.8, 4) is 5.75 Å². The summed E-state index contributed by atoms with van der Waals surface area (Å²) in [5.41, 5.74) is 2.09. The number of Topliss-reactive ketones (excluding diaryl/α,β-unsaturated/α-hetero) is 1. The van der Waals surface area contributed by atoms with Crippen LogP contribution in [0.4, 0.5) is 4.79 Å². The predicted octanol–water partition coefficient (Wildman–Crippen LogP) is 3.91. The zero-order valence-electron chi connectivity index (χ0n) is 17.7. The van der Waals surface area contributed by atoms with Crippen LogP contribution in [-0.2, 0) is 9.47 Å². The van der Waals surface area contributed by atoms with Gasteiger partial charge in [0.2, 0.25) is 0 Å². The summed E-state index contributed by atoms with van der Waals surface area (Å²) in [5, 5.41) is 0. The summed E-state index contributed by atoms with van der Waals surface area (Å²) in [6.07, 6.45) is 0.880. The van der Waals surface area contributed by atoms with Gasteiger partial charge in [-0.2, -0.15) is 0 Å². The number of hydrogen-bond donors (Lipinski definition) is 0. The maximum Gasteiger partial charge on any atom is 0.410 e. The Kier molecular flexibility index (Phi) is 5.71. The number of rotatable bonds is 3. The predicted molar refractivity (Wildman–Crippen MR) is 106 cm³/mol. The smallest absolute Gasteiger partial charge is 0.410 e. The Morgan fingerprint density at radius 3 is 2.07 bits per heavy atom. The second-order valence-corrected chi connectivity index (χ2v) is 8.91. The normalized spacial score (nSPS) is 24.6. The molecule has 2 heterocycles. The van der Waals surface area contributed by atoms with E-state index in [0.29, 0.717) is 31.6 Å². The zero-order chi connectivity index (χ0) is 20.6. The Bertz CT molecular complexity index is 730. The highest BCUT2D eigenvalue weighted by Gasteiger charge is 2.45. The van der Waals surface area contributed by atoms with Crippen molar-refractivity contribution in [3.63, 3.8) is 0 Å². The number of carbonyl (C=O) groups is 2. The first kappa shape index (κ1) is 20.6. The number of amides is 1. The number of carbonyl (C=O) groups excluding carboxylic acids is 2. The van der Waals surface area contributed by atoms with E-state index in [9.17, 15) is 9.59 Å². The number of piperidine rings is 1. The third kappa shape index (κ3) is 4.17. The highest BCUT2D eigenvalue weighted by Crippen LogP contribution is 2.35. The molecule has 0 aliphatic carbocycles. The summed E-state index contributed by atoms with van der Waals surface area (Å²) < 4.78 is 16.7. The second-order valence-electron chi connectivity index (χ2n) is 8.91. The van der Waals surface area contributed by atoms with Gasteiger partial charge in [0.05, 0.1) is 32.4 Å². The summed E-state index contributed by atoms with van der Waals surface area (Å²) in [5.74, 6) is 0.834. The number of ketones is 1. The Hall–Kier alpha value is -2.08. The average molecular weight is 389 g/mol. The number of ether oxygens (including phenoxy) is 3. The fourth-order valence-electron chi connectivity index (χ4n) is 4.39. The van der Waals surface area contributed by atoms with Crippen LogP contribution in [0.3, 0.4) is 0 Å². The second kappa shape index (κ2) is 7.74. The first-order valence-corrected chi connectivity index (χ1v) is 9.89. The van der Waals surface area contributed by atoms with Gasteiger partial charge in [0.1, 0.15) is 11.4 Å². The molecule has 0 saturated carbocycles. The van der Waals surface area contributed by atoms with Crippen LogP contribution < -0.4 is 4.74 Å². The van der Waals surface area contributed by atoms with Gasteiger partial charge in [-0.25, -0.2) is 4.79 Å². The molecule has 0 spiro atoms. The van der Waals surface area contributed by atoms with Crippen LogP contribution in [0.1, 0.15) is 55.1 Å². The van der Waals surface area contributed by atoms with Gasteiger partial charge in [-0.05, 0) is 70.7 Å². The largest absolute Gasteiger partial charge is 0.496 e. The van der Waals surface area contributed by atoms with Crippen LogP contribution in [0.15, 0.2) is 12.1 Å². The van der Waals surface area contributed by atoms with Gasteiger partial charge in [0.25, 0.3) is 0 Å². The van der Waals surface area contributed by atoms with E-state index in [1.807, 2.05) is 46.8 Å². The summed E-state index contributed by atoms with van der Waals surface area (Å²) >= 11 is 0. The maximum absolute atomic E-state index is 13.2. The van der Waals surface area contributed by atoms with E-state index >= 15 is 0 Å². The van der Waals surface area contributed by atoms with Crippen LogP contribution >= 0.6 is 0 Å². The Balaban J connectivity index is 1.78. The third-order valence-corrected chi connectivity index (χ3v) is 5.44. The molecule has 2 atom stereocenters. The van der Waals surface area contributed by atoms with E-state index in [2.05, 4.69) is 0 Å². The number of methoxy groups -OCH3 is 1. The maximum atomic E-state index is 13.2. The van der Waals surface area contributed by atoms with Gasteiger partial charge >= 0.3 is 6.09 Å². The summed E-state index contributed by atoms with van der Waals surface area (Å²) in [4.78, 5) is 27.7. The van der Waals surface area contributed by atoms with Crippen LogP contribution in [0, 0.1) is 19.8 Å². The molecule has 6 nitrogen and oxygen atoms in total. The standard InChI is InChI=1S/C22H31NO5/c1-13-7-15(8-14(2)20(13)26-6)19(24)16-9-17-11-27-12-18(10-16)23(17)21(25)28-22(3,4)5/h7-8,16-18H,9-12H2,1-6H3. The highest BCUT2D eigenvalue weighted by atomic mass is 16.6. The van der Waals surface area contributed by atoms with Crippen molar-refractivity contribution < 1.29 is 23.8 Å².